The van der Waals surface area contributed by atoms with Gasteiger partial charge in [0, 0.05) is 14.6 Å². The topological polar surface area (TPSA) is 72.2 Å². The fourth-order valence-electron chi connectivity index (χ4n) is 1.84. The van der Waals surface area contributed by atoms with Crippen molar-refractivity contribution < 1.29 is 8.42 Å². The highest BCUT2D eigenvalue weighted by Gasteiger charge is 2.16. The molecule has 0 aliphatic carbocycles. The van der Waals surface area contributed by atoms with E-state index in [9.17, 15) is 8.42 Å². The largest absolute Gasteiger partial charge is 0.398 e. The zero-order chi connectivity index (χ0) is 15.6. The van der Waals surface area contributed by atoms with Crippen LogP contribution in [0.25, 0.3) is 0 Å². The standard InChI is InChI=1S/C14H14Br2N2O2S/c1-2-9-3-5-11(8-13(9)17)21(19,20)18-14-6-4-10(15)7-12(14)16/h3-8,18H,2,17H2,1H3. The molecule has 0 saturated heterocycles. The number of sulfonamides is 1. The van der Waals surface area contributed by atoms with Crippen LogP contribution in [0.4, 0.5) is 11.4 Å². The van der Waals surface area contributed by atoms with E-state index in [1.165, 1.54) is 6.07 Å². The monoisotopic (exact) mass is 432 g/mol. The van der Waals surface area contributed by atoms with Crippen molar-refractivity contribution >= 4 is 53.3 Å². The molecule has 2 aromatic carbocycles. The molecular weight excluding hydrogens is 420 g/mol. The SMILES string of the molecule is CCc1ccc(S(=O)(=O)Nc2ccc(Br)cc2Br)cc1N. The summed E-state index contributed by atoms with van der Waals surface area (Å²) in [7, 11) is -3.67. The summed E-state index contributed by atoms with van der Waals surface area (Å²) in [6.45, 7) is 1.97. The lowest BCUT2D eigenvalue weighted by Crippen LogP contribution is -2.14. The van der Waals surface area contributed by atoms with Crippen molar-refractivity contribution in [2.75, 3.05) is 10.5 Å². The summed E-state index contributed by atoms with van der Waals surface area (Å²) in [6.07, 6.45) is 0.762. The number of rotatable bonds is 4. The Morgan fingerprint density at radius 1 is 1.14 bits per heavy atom. The van der Waals surface area contributed by atoms with Gasteiger partial charge in [0.15, 0.2) is 0 Å². The number of hydrogen-bond acceptors (Lipinski definition) is 3. The van der Waals surface area contributed by atoms with Gasteiger partial charge in [0.05, 0.1) is 10.6 Å². The van der Waals surface area contributed by atoms with E-state index < -0.39 is 10.0 Å². The molecule has 0 heterocycles. The minimum absolute atomic E-state index is 0.145. The molecule has 2 aromatic rings. The zero-order valence-electron chi connectivity index (χ0n) is 11.2. The normalized spacial score (nSPS) is 11.4. The molecule has 0 radical (unpaired) electrons. The molecule has 7 heteroatoms. The number of aryl methyl sites for hydroxylation is 1. The van der Waals surface area contributed by atoms with Crippen molar-refractivity contribution in [3.63, 3.8) is 0 Å². The molecule has 0 bridgehead atoms. The molecule has 0 aliphatic heterocycles. The first-order chi connectivity index (χ1) is 9.83. The molecule has 112 valence electrons. The first-order valence-corrected chi connectivity index (χ1v) is 9.26. The summed E-state index contributed by atoms with van der Waals surface area (Å²) in [5.74, 6) is 0. The summed E-state index contributed by atoms with van der Waals surface area (Å²) in [4.78, 5) is 0.145. The van der Waals surface area contributed by atoms with Crippen molar-refractivity contribution in [2.24, 2.45) is 0 Å². The van der Waals surface area contributed by atoms with Gasteiger partial charge in [0.25, 0.3) is 10.0 Å². The van der Waals surface area contributed by atoms with Crippen molar-refractivity contribution in [1.29, 1.82) is 0 Å². The Balaban J connectivity index is 2.36. The third-order valence-electron chi connectivity index (χ3n) is 2.98. The molecule has 0 atom stereocenters. The highest BCUT2D eigenvalue weighted by Crippen LogP contribution is 2.28. The summed E-state index contributed by atoms with van der Waals surface area (Å²) in [6, 6.07) is 9.98. The van der Waals surface area contributed by atoms with E-state index >= 15 is 0 Å². The fourth-order valence-corrected chi connectivity index (χ4v) is 4.23. The average molecular weight is 434 g/mol. The van der Waals surface area contributed by atoms with Gasteiger partial charge in [-0.15, -0.1) is 0 Å². The Labute approximate surface area is 141 Å². The maximum atomic E-state index is 12.4. The molecular formula is C14H14Br2N2O2S. The molecule has 0 fully saturated rings. The van der Waals surface area contributed by atoms with Crippen LogP contribution in [-0.2, 0) is 16.4 Å². The third kappa shape index (κ3) is 3.78. The predicted octanol–water partition coefficient (Wildman–Crippen LogP) is 4.16. The first kappa shape index (κ1) is 16.3. The molecule has 0 unspecified atom stereocenters. The molecule has 21 heavy (non-hydrogen) atoms. The van der Waals surface area contributed by atoms with E-state index in [4.69, 9.17) is 5.73 Å². The Kier molecular flexibility index (Phi) is 4.95. The van der Waals surface area contributed by atoms with Crippen LogP contribution in [0.2, 0.25) is 0 Å². The van der Waals surface area contributed by atoms with Crippen LogP contribution in [0.15, 0.2) is 50.2 Å². The van der Waals surface area contributed by atoms with Gasteiger partial charge in [0.2, 0.25) is 0 Å². The molecule has 2 rings (SSSR count). The van der Waals surface area contributed by atoms with Crippen LogP contribution < -0.4 is 10.5 Å². The van der Waals surface area contributed by atoms with Crippen molar-refractivity contribution in [2.45, 2.75) is 18.2 Å². The maximum absolute atomic E-state index is 12.4. The third-order valence-corrected chi connectivity index (χ3v) is 5.50. The zero-order valence-corrected chi connectivity index (χ0v) is 15.2. The average Bonchev–Trinajstić information content (AvgIpc) is 2.42. The van der Waals surface area contributed by atoms with E-state index in [2.05, 4.69) is 36.6 Å². The van der Waals surface area contributed by atoms with Crippen molar-refractivity contribution in [3.05, 3.63) is 50.9 Å². The first-order valence-electron chi connectivity index (χ1n) is 6.19. The molecule has 3 N–H and O–H groups in total. The Morgan fingerprint density at radius 2 is 1.86 bits per heavy atom. The second-order valence-corrected chi connectivity index (χ2v) is 7.90. The van der Waals surface area contributed by atoms with E-state index in [0.717, 1.165) is 16.5 Å². The van der Waals surface area contributed by atoms with E-state index in [0.29, 0.717) is 15.8 Å². The van der Waals surface area contributed by atoms with Gasteiger partial charge in [-0.05, 0) is 58.2 Å². The lowest BCUT2D eigenvalue weighted by Gasteiger charge is -2.11. The number of anilines is 2. The van der Waals surface area contributed by atoms with Gasteiger partial charge >= 0.3 is 0 Å². The number of benzene rings is 2. The highest BCUT2D eigenvalue weighted by molar-refractivity contribution is 9.11. The van der Waals surface area contributed by atoms with Crippen LogP contribution in [-0.4, -0.2) is 8.42 Å². The fraction of sp³-hybridized carbons (Fsp3) is 0.143. The Morgan fingerprint density at radius 3 is 2.43 bits per heavy atom. The molecule has 0 saturated carbocycles. The van der Waals surface area contributed by atoms with E-state index in [-0.39, 0.29) is 4.90 Å². The van der Waals surface area contributed by atoms with E-state index in [1.807, 2.05) is 6.92 Å². The molecule has 0 aliphatic rings. The molecule has 4 nitrogen and oxygen atoms in total. The predicted molar refractivity (Wildman–Crippen MR) is 92.9 cm³/mol. The second-order valence-electron chi connectivity index (χ2n) is 4.44. The summed E-state index contributed by atoms with van der Waals surface area (Å²) in [5.41, 5.74) is 7.74. The number of halogens is 2. The van der Waals surface area contributed by atoms with Crippen LogP contribution in [0.1, 0.15) is 12.5 Å². The minimum Gasteiger partial charge on any atom is -0.398 e. The number of nitrogen functional groups attached to an aromatic ring is 1. The van der Waals surface area contributed by atoms with Gasteiger partial charge in [-0.25, -0.2) is 8.42 Å². The van der Waals surface area contributed by atoms with Gasteiger partial charge in [-0.1, -0.05) is 28.9 Å². The number of hydrogen-bond donors (Lipinski definition) is 2. The van der Waals surface area contributed by atoms with Crippen LogP contribution in [0, 0.1) is 0 Å². The van der Waals surface area contributed by atoms with Gasteiger partial charge in [0.1, 0.15) is 0 Å². The maximum Gasteiger partial charge on any atom is 0.262 e. The van der Waals surface area contributed by atoms with Crippen LogP contribution >= 0.6 is 31.9 Å². The van der Waals surface area contributed by atoms with Crippen molar-refractivity contribution in [1.82, 2.24) is 0 Å². The Hall–Kier alpha value is -1.05. The lowest BCUT2D eigenvalue weighted by molar-refractivity contribution is 0.601. The van der Waals surface area contributed by atoms with Crippen molar-refractivity contribution in [3.8, 4) is 0 Å². The van der Waals surface area contributed by atoms with Gasteiger partial charge in [-0.2, -0.15) is 0 Å². The van der Waals surface area contributed by atoms with Gasteiger partial charge < -0.3 is 5.73 Å². The van der Waals surface area contributed by atoms with E-state index in [1.54, 1.807) is 30.3 Å². The quantitative estimate of drug-likeness (QED) is 0.711. The number of nitrogens with one attached hydrogen (secondary N) is 1. The Bertz CT molecular complexity index is 777. The summed E-state index contributed by atoms with van der Waals surface area (Å²) < 4.78 is 28.8. The highest BCUT2D eigenvalue weighted by atomic mass is 79.9. The smallest absolute Gasteiger partial charge is 0.262 e. The summed E-state index contributed by atoms with van der Waals surface area (Å²) in [5, 5.41) is 0. The lowest BCUT2D eigenvalue weighted by atomic mass is 10.1. The minimum atomic E-state index is -3.67. The van der Waals surface area contributed by atoms with Crippen LogP contribution in [0.3, 0.4) is 0 Å². The summed E-state index contributed by atoms with van der Waals surface area (Å²) >= 11 is 6.65. The van der Waals surface area contributed by atoms with Gasteiger partial charge in [-0.3, -0.25) is 4.72 Å². The van der Waals surface area contributed by atoms with Crippen LogP contribution in [0.5, 0.6) is 0 Å². The molecule has 0 amide bonds. The second kappa shape index (κ2) is 6.37. The number of nitrogens with two attached hydrogens (primary N) is 1. The molecule has 0 spiro atoms. The molecule has 0 aromatic heterocycles.